The quantitative estimate of drug-likeness (QED) is 0.907. The van der Waals surface area contributed by atoms with E-state index in [-0.39, 0.29) is 17.4 Å². The third-order valence-corrected chi connectivity index (χ3v) is 5.49. The van der Waals surface area contributed by atoms with Gasteiger partial charge >= 0.3 is 5.97 Å². The van der Waals surface area contributed by atoms with Crippen LogP contribution < -0.4 is 5.32 Å². The van der Waals surface area contributed by atoms with E-state index in [4.69, 9.17) is 5.11 Å². The molecular formula is C15H13NO3S2. The Morgan fingerprint density at radius 2 is 2.10 bits per heavy atom. The van der Waals surface area contributed by atoms with Gasteiger partial charge in [0, 0.05) is 15.5 Å². The van der Waals surface area contributed by atoms with E-state index in [1.54, 1.807) is 17.8 Å². The van der Waals surface area contributed by atoms with Crippen LogP contribution >= 0.6 is 23.1 Å². The Hall–Kier alpha value is -1.79. The summed E-state index contributed by atoms with van der Waals surface area (Å²) in [6, 6.07) is 9.42. The molecule has 0 saturated carbocycles. The molecule has 0 spiro atoms. The van der Waals surface area contributed by atoms with Crippen LogP contribution in [0.3, 0.4) is 0 Å². The highest BCUT2D eigenvalue weighted by molar-refractivity contribution is 7.99. The predicted octanol–water partition coefficient (Wildman–Crippen LogP) is 3.58. The Bertz CT molecular complexity index is 723. The molecule has 3 rings (SSSR count). The summed E-state index contributed by atoms with van der Waals surface area (Å²) in [5.74, 6) is -0.694. The van der Waals surface area contributed by atoms with Crippen molar-refractivity contribution in [3.05, 3.63) is 46.3 Å². The van der Waals surface area contributed by atoms with Crippen LogP contribution in [-0.2, 0) is 4.79 Å². The van der Waals surface area contributed by atoms with Crippen molar-refractivity contribution in [3.63, 3.8) is 0 Å². The van der Waals surface area contributed by atoms with Crippen LogP contribution in [0.5, 0.6) is 0 Å². The highest BCUT2D eigenvalue weighted by Gasteiger charge is 2.30. The SMILES string of the molecule is Cc1cc(C(=O)O)c(NC(=O)C2CSc3ccccc32)s1. The van der Waals surface area contributed by atoms with Gasteiger partial charge < -0.3 is 10.4 Å². The fourth-order valence-electron chi connectivity index (χ4n) is 2.34. The minimum Gasteiger partial charge on any atom is -0.478 e. The summed E-state index contributed by atoms with van der Waals surface area (Å²) in [5, 5.41) is 12.4. The van der Waals surface area contributed by atoms with E-state index >= 15 is 0 Å². The second-order valence-electron chi connectivity index (χ2n) is 4.80. The lowest BCUT2D eigenvalue weighted by Crippen LogP contribution is -2.21. The number of benzene rings is 1. The Labute approximate surface area is 130 Å². The van der Waals surface area contributed by atoms with Gasteiger partial charge in [0.1, 0.15) is 5.00 Å². The van der Waals surface area contributed by atoms with Gasteiger partial charge in [-0.15, -0.1) is 23.1 Å². The van der Waals surface area contributed by atoms with Gasteiger partial charge in [0.2, 0.25) is 5.91 Å². The van der Waals surface area contributed by atoms with Crippen molar-refractivity contribution in [2.45, 2.75) is 17.7 Å². The monoisotopic (exact) mass is 319 g/mol. The minimum absolute atomic E-state index is 0.142. The standard InChI is InChI=1S/C15H13NO3S2/c1-8-6-10(15(18)19)14(21-8)16-13(17)11-7-20-12-5-3-2-4-9(11)12/h2-6,11H,7H2,1H3,(H,16,17)(H,18,19). The number of hydrogen-bond donors (Lipinski definition) is 2. The molecule has 0 fully saturated rings. The molecule has 1 aliphatic rings. The molecule has 6 heteroatoms. The van der Waals surface area contributed by atoms with Crippen molar-refractivity contribution in [1.82, 2.24) is 0 Å². The Morgan fingerprint density at radius 3 is 2.86 bits per heavy atom. The van der Waals surface area contributed by atoms with E-state index in [1.165, 1.54) is 11.3 Å². The number of nitrogens with one attached hydrogen (secondary N) is 1. The summed E-state index contributed by atoms with van der Waals surface area (Å²) in [4.78, 5) is 25.6. The van der Waals surface area contributed by atoms with Crippen LogP contribution in [0.15, 0.2) is 35.2 Å². The molecule has 2 heterocycles. The molecule has 1 amide bonds. The Balaban J connectivity index is 1.84. The van der Waals surface area contributed by atoms with Crippen molar-refractivity contribution in [1.29, 1.82) is 0 Å². The molecule has 108 valence electrons. The van der Waals surface area contributed by atoms with E-state index in [0.29, 0.717) is 10.8 Å². The summed E-state index contributed by atoms with van der Waals surface area (Å²) in [6.07, 6.45) is 0. The third-order valence-electron chi connectivity index (χ3n) is 3.34. The summed E-state index contributed by atoms with van der Waals surface area (Å²) >= 11 is 2.95. The first-order valence-corrected chi connectivity index (χ1v) is 8.23. The molecule has 1 atom stereocenters. The van der Waals surface area contributed by atoms with Gasteiger partial charge in [0.05, 0.1) is 11.5 Å². The van der Waals surface area contributed by atoms with E-state index in [2.05, 4.69) is 5.32 Å². The van der Waals surface area contributed by atoms with Crippen LogP contribution in [0, 0.1) is 6.92 Å². The predicted molar refractivity (Wildman–Crippen MR) is 84.6 cm³/mol. The first-order chi connectivity index (χ1) is 10.1. The lowest BCUT2D eigenvalue weighted by molar-refractivity contribution is -0.117. The number of aryl methyl sites for hydroxylation is 1. The molecule has 1 unspecified atom stereocenters. The molecule has 2 aromatic rings. The molecule has 1 aliphatic heterocycles. The summed E-state index contributed by atoms with van der Waals surface area (Å²) in [6.45, 7) is 1.83. The molecule has 2 N–H and O–H groups in total. The second-order valence-corrected chi connectivity index (χ2v) is 7.11. The normalized spacial score (nSPS) is 16.5. The fourth-order valence-corrected chi connectivity index (χ4v) is 4.48. The van der Waals surface area contributed by atoms with E-state index in [9.17, 15) is 9.59 Å². The van der Waals surface area contributed by atoms with Crippen LogP contribution in [-0.4, -0.2) is 22.7 Å². The number of thioether (sulfide) groups is 1. The fraction of sp³-hybridized carbons (Fsp3) is 0.200. The lowest BCUT2D eigenvalue weighted by Gasteiger charge is -2.11. The molecule has 1 aromatic heterocycles. The number of aromatic carboxylic acids is 1. The van der Waals surface area contributed by atoms with Crippen molar-refractivity contribution >= 4 is 40.0 Å². The van der Waals surface area contributed by atoms with Gasteiger partial charge in [-0.05, 0) is 24.6 Å². The smallest absolute Gasteiger partial charge is 0.338 e. The Morgan fingerprint density at radius 1 is 1.33 bits per heavy atom. The van der Waals surface area contributed by atoms with Crippen LogP contribution in [0.4, 0.5) is 5.00 Å². The number of thiophene rings is 1. The maximum atomic E-state index is 12.5. The molecular weight excluding hydrogens is 306 g/mol. The zero-order chi connectivity index (χ0) is 15.0. The molecule has 4 nitrogen and oxygen atoms in total. The summed E-state index contributed by atoms with van der Waals surface area (Å²) in [5.41, 5.74) is 1.18. The zero-order valence-corrected chi connectivity index (χ0v) is 12.9. The maximum absolute atomic E-state index is 12.5. The zero-order valence-electron chi connectivity index (χ0n) is 11.3. The molecule has 21 heavy (non-hydrogen) atoms. The van der Waals surface area contributed by atoms with Crippen LogP contribution in [0.25, 0.3) is 0 Å². The van der Waals surface area contributed by atoms with Crippen molar-refractivity contribution in [3.8, 4) is 0 Å². The van der Waals surface area contributed by atoms with E-state index < -0.39 is 5.97 Å². The van der Waals surface area contributed by atoms with Crippen molar-refractivity contribution < 1.29 is 14.7 Å². The van der Waals surface area contributed by atoms with Crippen molar-refractivity contribution in [2.24, 2.45) is 0 Å². The van der Waals surface area contributed by atoms with Gasteiger partial charge in [0.15, 0.2) is 0 Å². The molecule has 0 bridgehead atoms. The average molecular weight is 319 g/mol. The average Bonchev–Trinajstić information content (AvgIpc) is 3.02. The lowest BCUT2D eigenvalue weighted by atomic mass is 10.0. The van der Waals surface area contributed by atoms with Gasteiger partial charge in [-0.2, -0.15) is 0 Å². The maximum Gasteiger partial charge on any atom is 0.338 e. The number of anilines is 1. The molecule has 1 aromatic carbocycles. The second kappa shape index (κ2) is 5.54. The number of rotatable bonds is 3. The van der Waals surface area contributed by atoms with Crippen LogP contribution in [0.1, 0.15) is 26.7 Å². The number of carbonyl (C=O) groups is 2. The summed E-state index contributed by atoms with van der Waals surface area (Å²) in [7, 11) is 0. The number of carboxylic acid groups (broad SMARTS) is 1. The highest BCUT2D eigenvalue weighted by atomic mass is 32.2. The summed E-state index contributed by atoms with van der Waals surface area (Å²) < 4.78 is 0. The van der Waals surface area contributed by atoms with E-state index in [1.807, 2.05) is 31.2 Å². The minimum atomic E-state index is -1.02. The first-order valence-electron chi connectivity index (χ1n) is 6.42. The topological polar surface area (TPSA) is 66.4 Å². The number of carboxylic acids is 1. The van der Waals surface area contributed by atoms with Gasteiger partial charge in [0.25, 0.3) is 0 Å². The third kappa shape index (κ3) is 2.69. The highest BCUT2D eigenvalue weighted by Crippen LogP contribution is 2.40. The molecule has 0 radical (unpaired) electrons. The number of carbonyl (C=O) groups excluding carboxylic acids is 1. The van der Waals surface area contributed by atoms with Gasteiger partial charge in [-0.3, -0.25) is 4.79 Å². The Kier molecular flexibility index (Phi) is 3.73. The number of amides is 1. The number of fused-ring (bicyclic) bond motifs is 1. The molecule has 0 aliphatic carbocycles. The van der Waals surface area contributed by atoms with Crippen LogP contribution in [0.2, 0.25) is 0 Å². The van der Waals surface area contributed by atoms with Gasteiger partial charge in [-0.1, -0.05) is 18.2 Å². The largest absolute Gasteiger partial charge is 0.478 e. The van der Waals surface area contributed by atoms with Crippen molar-refractivity contribution in [2.75, 3.05) is 11.1 Å². The van der Waals surface area contributed by atoms with E-state index in [0.717, 1.165) is 15.3 Å². The first kappa shape index (κ1) is 14.2. The van der Waals surface area contributed by atoms with Gasteiger partial charge in [-0.25, -0.2) is 4.79 Å². The number of hydrogen-bond acceptors (Lipinski definition) is 4. The molecule has 0 saturated heterocycles.